The molecule has 7 nitrogen and oxygen atoms in total. The summed E-state index contributed by atoms with van der Waals surface area (Å²) in [5.74, 6) is 2.56. The van der Waals surface area contributed by atoms with Crippen LogP contribution in [0.3, 0.4) is 0 Å². The van der Waals surface area contributed by atoms with Crippen molar-refractivity contribution in [3.63, 3.8) is 0 Å². The highest BCUT2D eigenvalue weighted by molar-refractivity contribution is 7.98. The monoisotopic (exact) mass is 404 g/mol. The summed E-state index contributed by atoms with van der Waals surface area (Å²) in [6.45, 7) is 5.74. The number of likely N-dealkylation sites (N-methyl/N-ethyl adjacent to an activating group) is 1. The molecule has 3 rings (SSSR count). The molecule has 0 aliphatic carbocycles. The van der Waals surface area contributed by atoms with Gasteiger partial charge in [-0.1, -0.05) is 18.7 Å². The first kappa shape index (κ1) is 20.7. The Morgan fingerprint density at radius 1 is 1.29 bits per heavy atom. The van der Waals surface area contributed by atoms with Gasteiger partial charge in [0.2, 0.25) is 0 Å². The second-order valence-corrected chi connectivity index (χ2v) is 8.26. The maximum Gasteiger partial charge on any atom is 0.287 e. The fourth-order valence-corrected chi connectivity index (χ4v) is 3.81. The van der Waals surface area contributed by atoms with Crippen LogP contribution in [0.5, 0.6) is 0 Å². The molecule has 1 fully saturated rings. The molecule has 152 valence electrons. The van der Waals surface area contributed by atoms with Crippen molar-refractivity contribution >= 4 is 23.5 Å². The largest absolute Gasteiger partial charge is 0.455 e. The molecular weight excluding hydrogens is 374 g/mol. The van der Waals surface area contributed by atoms with E-state index < -0.39 is 0 Å². The lowest BCUT2D eigenvalue weighted by Gasteiger charge is -2.17. The number of aromatic nitrogens is 2. The summed E-state index contributed by atoms with van der Waals surface area (Å²) in [4.78, 5) is 25.1. The second kappa shape index (κ2) is 9.93. The van der Waals surface area contributed by atoms with Crippen LogP contribution in [-0.4, -0.2) is 56.1 Å². The topological polar surface area (TPSA) is 75.7 Å². The molecule has 0 saturated carbocycles. The Morgan fingerprint density at radius 2 is 2.07 bits per heavy atom. The van der Waals surface area contributed by atoms with Crippen LogP contribution in [0.25, 0.3) is 0 Å². The molecule has 0 unspecified atom stereocenters. The number of carbonyl (C=O) groups excluding carboxylic acids is 1. The van der Waals surface area contributed by atoms with Crippen LogP contribution in [0.4, 0.5) is 5.82 Å². The summed E-state index contributed by atoms with van der Waals surface area (Å²) in [6, 6.07) is 5.68. The molecule has 2 aromatic rings. The number of thioether (sulfide) groups is 1. The van der Waals surface area contributed by atoms with Gasteiger partial charge in [0.05, 0.1) is 32.9 Å². The standard InChI is InChI=1S/C20H29N5O2S/c1-4-15-13-18(25-10-5-6-11-25)23-20(22-15)28-14-16-7-8-17(27-16)19(26)21-9-12-24(2)3/h7-8,13H,4-6,9-12,14H2,1-3H3,(H,21,26)/p+1. The Hall–Kier alpha value is -2.06. The van der Waals surface area contributed by atoms with Gasteiger partial charge in [0.1, 0.15) is 11.6 Å². The van der Waals surface area contributed by atoms with Crippen molar-refractivity contribution in [2.75, 3.05) is 45.2 Å². The lowest BCUT2D eigenvalue weighted by atomic mass is 10.3. The summed E-state index contributed by atoms with van der Waals surface area (Å²) in [5.41, 5.74) is 1.06. The Bertz CT molecular complexity index is 787. The number of furan rings is 1. The number of quaternary nitrogens is 1. The molecule has 3 heterocycles. The molecule has 0 radical (unpaired) electrons. The third-order valence-electron chi connectivity index (χ3n) is 4.68. The molecule has 2 N–H and O–H groups in total. The summed E-state index contributed by atoms with van der Waals surface area (Å²) in [6.07, 6.45) is 3.33. The molecule has 0 aromatic carbocycles. The summed E-state index contributed by atoms with van der Waals surface area (Å²) < 4.78 is 5.71. The number of anilines is 1. The van der Waals surface area contributed by atoms with E-state index in [9.17, 15) is 4.79 Å². The quantitative estimate of drug-likeness (QED) is 0.486. The van der Waals surface area contributed by atoms with E-state index in [1.54, 1.807) is 17.8 Å². The predicted molar refractivity (Wildman–Crippen MR) is 111 cm³/mol. The molecule has 0 bridgehead atoms. The minimum atomic E-state index is -0.168. The Morgan fingerprint density at radius 3 is 2.79 bits per heavy atom. The van der Waals surface area contributed by atoms with E-state index in [0.29, 0.717) is 18.1 Å². The van der Waals surface area contributed by atoms with E-state index in [1.165, 1.54) is 17.7 Å². The first-order valence-corrected chi connectivity index (χ1v) is 11.0. The van der Waals surface area contributed by atoms with Crippen LogP contribution in [-0.2, 0) is 12.2 Å². The minimum absolute atomic E-state index is 0.168. The number of rotatable bonds is 9. The van der Waals surface area contributed by atoms with Gasteiger partial charge < -0.3 is 19.5 Å². The molecule has 1 aliphatic heterocycles. The van der Waals surface area contributed by atoms with E-state index in [-0.39, 0.29) is 5.91 Å². The zero-order valence-electron chi connectivity index (χ0n) is 17.0. The normalized spacial score (nSPS) is 14.1. The van der Waals surface area contributed by atoms with E-state index in [0.717, 1.165) is 48.5 Å². The van der Waals surface area contributed by atoms with Crippen molar-refractivity contribution in [2.24, 2.45) is 0 Å². The lowest BCUT2D eigenvalue weighted by molar-refractivity contribution is -0.856. The maximum atomic E-state index is 12.1. The van der Waals surface area contributed by atoms with Crippen molar-refractivity contribution < 1.29 is 14.1 Å². The first-order valence-electron chi connectivity index (χ1n) is 9.97. The van der Waals surface area contributed by atoms with Crippen molar-refractivity contribution in [3.05, 3.63) is 35.4 Å². The average Bonchev–Trinajstić information content (AvgIpc) is 3.37. The molecule has 0 atom stereocenters. The van der Waals surface area contributed by atoms with Gasteiger partial charge in [-0.3, -0.25) is 4.79 Å². The zero-order chi connectivity index (χ0) is 19.9. The van der Waals surface area contributed by atoms with Gasteiger partial charge in [0.25, 0.3) is 5.91 Å². The van der Waals surface area contributed by atoms with Crippen LogP contribution < -0.4 is 15.1 Å². The first-order chi connectivity index (χ1) is 13.5. The highest BCUT2D eigenvalue weighted by Crippen LogP contribution is 2.25. The third kappa shape index (κ3) is 5.72. The van der Waals surface area contributed by atoms with Crippen LogP contribution in [0.2, 0.25) is 0 Å². The number of amides is 1. The van der Waals surface area contributed by atoms with E-state index >= 15 is 0 Å². The molecule has 8 heteroatoms. The molecule has 2 aromatic heterocycles. The summed E-state index contributed by atoms with van der Waals surface area (Å²) >= 11 is 1.55. The van der Waals surface area contributed by atoms with E-state index in [2.05, 4.69) is 42.3 Å². The van der Waals surface area contributed by atoms with Crippen molar-refractivity contribution in [1.29, 1.82) is 0 Å². The predicted octanol–water partition coefficient (Wildman–Crippen LogP) is 1.40. The molecule has 1 aliphatic rings. The Labute approximate surface area is 170 Å². The smallest absolute Gasteiger partial charge is 0.287 e. The molecule has 28 heavy (non-hydrogen) atoms. The van der Waals surface area contributed by atoms with E-state index in [4.69, 9.17) is 9.40 Å². The number of nitrogens with one attached hydrogen (secondary N) is 2. The number of aryl methyl sites for hydroxylation is 1. The van der Waals surface area contributed by atoms with Crippen LogP contribution in [0, 0.1) is 0 Å². The fourth-order valence-electron chi connectivity index (χ4n) is 3.04. The average molecular weight is 405 g/mol. The molecule has 1 saturated heterocycles. The summed E-state index contributed by atoms with van der Waals surface area (Å²) in [7, 11) is 4.11. The van der Waals surface area contributed by atoms with E-state index in [1.807, 2.05) is 6.07 Å². The summed E-state index contributed by atoms with van der Waals surface area (Å²) in [5, 5.41) is 3.64. The number of hydrogen-bond donors (Lipinski definition) is 2. The minimum Gasteiger partial charge on any atom is -0.455 e. The van der Waals surface area contributed by atoms with Gasteiger partial charge in [-0.05, 0) is 31.4 Å². The molecule has 0 spiro atoms. The Balaban J connectivity index is 1.59. The van der Waals surface area contributed by atoms with Crippen molar-refractivity contribution in [2.45, 2.75) is 37.1 Å². The third-order valence-corrected chi connectivity index (χ3v) is 5.55. The number of hydrogen-bond acceptors (Lipinski definition) is 6. The number of nitrogens with zero attached hydrogens (tertiary/aromatic N) is 3. The maximum absolute atomic E-state index is 12.1. The SMILES string of the molecule is CCc1cc(N2CCCC2)nc(SCc2ccc(C(=O)NCC[NH+](C)C)o2)n1. The van der Waals surface area contributed by atoms with Gasteiger partial charge >= 0.3 is 0 Å². The van der Waals surface area contributed by atoms with Gasteiger partial charge in [0.15, 0.2) is 10.9 Å². The highest BCUT2D eigenvalue weighted by Gasteiger charge is 2.16. The second-order valence-electron chi connectivity index (χ2n) is 7.32. The molecular formula is C20H30N5O2S+. The Kier molecular flexibility index (Phi) is 7.33. The highest BCUT2D eigenvalue weighted by atomic mass is 32.2. The van der Waals surface area contributed by atoms with Crippen molar-refractivity contribution in [1.82, 2.24) is 15.3 Å². The van der Waals surface area contributed by atoms with Gasteiger partial charge in [-0.15, -0.1) is 0 Å². The van der Waals surface area contributed by atoms with Gasteiger partial charge in [-0.25, -0.2) is 9.97 Å². The van der Waals surface area contributed by atoms with Crippen molar-refractivity contribution in [3.8, 4) is 0 Å². The van der Waals surface area contributed by atoms with Gasteiger partial charge in [0, 0.05) is 24.8 Å². The zero-order valence-corrected chi connectivity index (χ0v) is 17.8. The fraction of sp³-hybridized carbons (Fsp3) is 0.550. The van der Waals surface area contributed by atoms with Crippen LogP contribution >= 0.6 is 11.8 Å². The van der Waals surface area contributed by atoms with Crippen LogP contribution in [0.1, 0.15) is 41.8 Å². The number of carbonyl (C=O) groups is 1. The molecule has 1 amide bonds. The van der Waals surface area contributed by atoms with Gasteiger partial charge in [-0.2, -0.15) is 0 Å². The lowest BCUT2D eigenvalue weighted by Crippen LogP contribution is -3.06. The van der Waals surface area contributed by atoms with Crippen LogP contribution in [0.15, 0.2) is 27.8 Å².